The van der Waals surface area contributed by atoms with Crippen LogP contribution in [0.5, 0.6) is 0 Å². The minimum atomic E-state index is -3.27. The average molecular weight is 280 g/mol. The second kappa shape index (κ2) is 5.04. The van der Waals surface area contributed by atoms with Crippen molar-refractivity contribution in [3.05, 3.63) is 52.2 Å². The molecular weight excluding hydrogens is 268 g/mol. The number of benzene rings is 1. The zero-order chi connectivity index (χ0) is 13.2. The first kappa shape index (κ1) is 13.0. The van der Waals surface area contributed by atoms with Gasteiger partial charge in [0.15, 0.2) is 15.6 Å². The van der Waals surface area contributed by atoms with Crippen molar-refractivity contribution in [1.29, 1.82) is 0 Å². The van der Waals surface area contributed by atoms with Gasteiger partial charge in [0.1, 0.15) is 0 Å². The van der Waals surface area contributed by atoms with E-state index < -0.39 is 9.84 Å². The number of rotatable bonds is 4. The van der Waals surface area contributed by atoms with Gasteiger partial charge in [-0.3, -0.25) is 4.79 Å². The Morgan fingerprint density at radius 1 is 1.22 bits per heavy atom. The molecule has 1 aromatic carbocycles. The first-order valence-electron chi connectivity index (χ1n) is 5.32. The van der Waals surface area contributed by atoms with Gasteiger partial charge in [-0.15, -0.1) is 11.3 Å². The second-order valence-electron chi connectivity index (χ2n) is 3.98. The van der Waals surface area contributed by atoms with Crippen LogP contribution in [-0.2, 0) is 16.3 Å². The highest BCUT2D eigenvalue weighted by Gasteiger charge is 2.12. The standard InChI is InChI=1S/C13H12O3S2/c1-18(15,16)12-6-2-4-10(8-12)13(14)9-11-5-3-7-17-11/h2-8H,9H2,1H3. The molecule has 5 heteroatoms. The highest BCUT2D eigenvalue weighted by atomic mass is 32.2. The van der Waals surface area contributed by atoms with Crippen LogP contribution in [0, 0.1) is 0 Å². The Morgan fingerprint density at radius 2 is 2.00 bits per heavy atom. The summed E-state index contributed by atoms with van der Waals surface area (Å²) in [5.41, 5.74) is 0.436. The molecule has 2 rings (SSSR count). The van der Waals surface area contributed by atoms with Crippen molar-refractivity contribution in [2.24, 2.45) is 0 Å². The van der Waals surface area contributed by atoms with Gasteiger partial charge in [0.2, 0.25) is 0 Å². The van der Waals surface area contributed by atoms with Gasteiger partial charge in [-0.05, 0) is 23.6 Å². The molecule has 18 heavy (non-hydrogen) atoms. The topological polar surface area (TPSA) is 51.2 Å². The first-order chi connectivity index (χ1) is 8.47. The molecule has 0 aliphatic rings. The van der Waals surface area contributed by atoms with Gasteiger partial charge in [-0.2, -0.15) is 0 Å². The van der Waals surface area contributed by atoms with Crippen LogP contribution in [0.1, 0.15) is 15.2 Å². The lowest BCUT2D eigenvalue weighted by Crippen LogP contribution is -2.04. The van der Waals surface area contributed by atoms with E-state index in [1.807, 2.05) is 17.5 Å². The van der Waals surface area contributed by atoms with E-state index in [4.69, 9.17) is 0 Å². The van der Waals surface area contributed by atoms with E-state index in [-0.39, 0.29) is 10.7 Å². The number of Topliss-reactive ketones (excluding diaryl/α,β-unsaturated/α-hetero) is 1. The molecule has 0 amide bonds. The number of hydrogen-bond donors (Lipinski definition) is 0. The third kappa shape index (κ3) is 3.05. The molecule has 2 aromatic rings. The normalized spacial score (nSPS) is 11.4. The fraction of sp³-hybridized carbons (Fsp3) is 0.154. The number of carbonyl (C=O) groups excluding carboxylic acids is 1. The maximum atomic E-state index is 12.0. The molecule has 3 nitrogen and oxygen atoms in total. The van der Waals surface area contributed by atoms with Crippen molar-refractivity contribution in [3.63, 3.8) is 0 Å². The molecule has 94 valence electrons. The lowest BCUT2D eigenvalue weighted by atomic mass is 10.1. The summed E-state index contributed by atoms with van der Waals surface area (Å²) in [7, 11) is -3.27. The molecule has 0 saturated heterocycles. The van der Waals surface area contributed by atoms with Crippen LogP contribution >= 0.6 is 11.3 Å². The molecular formula is C13H12O3S2. The van der Waals surface area contributed by atoms with E-state index in [2.05, 4.69) is 0 Å². The van der Waals surface area contributed by atoms with Crippen LogP contribution in [0.4, 0.5) is 0 Å². The summed E-state index contributed by atoms with van der Waals surface area (Å²) in [6.45, 7) is 0. The molecule has 0 aliphatic heterocycles. The van der Waals surface area contributed by atoms with Gasteiger partial charge < -0.3 is 0 Å². The van der Waals surface area contributed by atoms with Crippen LogP contribution in [-0.4, -0.2) is 20.5 Å². The fourth-order valence-corrected chi connectivity index (χ4v) is 2.94. The summed E-state index contributed by atoms with van der Waals surface area (Å²) in [5.74, 6) is -0.0667. The quantitative estimate of drug-likeness (QED) is 0.809. The zero-order valence-corrected chi connectivity index (χ0v) is 11.4. The van der Waals surface area contributed by atoms with Crippen molar-refractivity contribution in [2.75, 3.05) is 6.26 Å². The Morgan fingerprint density at radius 3 is 2.61 bits per heavy atom. The van der Waals surface area contributed by atoms with E-state index in [9.17, 15) is 13.2 Å². The van der Waals surface area contributed by atoms with E-state index in [1.165, 1.54) is 23.5 Å². The number of hydrogen-bond acceptors (Lipinski definition) is 4. The minimum Gasteiger partial charge on any atom is -0.294 e. The maximum absolute atomic E-state index is 12.0. The summed E-state index contributed by atoms with van der Waals surface area (Å²) in [6, 6.07) is 9.95. The molecule has 0 N–H and O–H groups in total. The molecule has 0 atom stereocenters. The largest absolute Gasteiger partial charge is 0.294 e. The fourth-order valence-electron chi connectivity index (χ4n) is 1.57. The summed E-state index contributed by atoms with van der Waals surface area (Å²) in [6.07, 6.45) is 1.45. The highest BCUT2D eigenvalue weighted by Crippen LogP contribution is 2.16. The molecule has 0 spiro atoms. The van der Waals surface area contributed by atoms with Crippen molar-refractivity contribution in [1.82, 2.24) is 0 Å². The second-order valence-corrected chi connectivity index (χ2v) is 7.03. The lowest BCUT2D eigenvalue weighted by Gasteiger charge is -2.02. The van der Waals surface area contributed by atoms with E-state index in [0.717, 1.165) is 11.1 Å². The Labute approximate surface area is 110 Å². The molecule has 0 aliphatic carbocycles. The lowest BCUT2D eigenvalue weighted by molar-refractivity contribution is 0.0993. The number of carbonyl (C=O) groups is 1. The Balaban J connectivity index is 2.26. The third-order valence-electron chi connectivity index (χ3n) is 2.50. The molecule has 0 unspecified atom stereocenters. The summed E-state index contributed by atoms with van der Waals surface area (Å²) >= 11 is 1.52. The number of sulfone groups is 1. The smallest absolute Gasteiger partial charge is 0.175 e. The van der Waals surface area contributed by atoms with Crippen molar-refractivity contribution >= 4 is 27.0 Å². The molecule has 0 fully saturated rings. The Kier molecular flexibility index (Phi) is 3.63. The highest BCUT2D eigenvalue weighted by molar-refractivity contribution is 7.90. The van der Waals surface area contributed by atoms with Crippen LogP contribution in [0.2, 0.25) is 0 Å². The average Bonchev–Trinajstić information content (AvgIpc) is 2.81. The Bertz CT molecular complexity index is 655. The maximum Gasteiger partial charge on any atom is 0.175 e. The number of ketones is 1. The summed E-state index contributed by atoms with van der Waals surface area (Å²) < 4.78 is 22.8. The predicted octanol–water partition coefficient (Wildman–Crippen LogP) is 2.58. The number of thiophene rings is 1. The zero-order valence-electron chi connectivity index (χ0n) is 9.79. The van der Waals surface area contributed by atoms with E-state index >= 15 is 0 Å². The molecule has 1 aromatic heterocycles. The summed E-state index contributed by atoms with van der Waals surface area (Å²) in [5, 5.41) is 1.91. The molecule has 0 bridgehead atoms. The van der Waals surface area contributed by atoms with Gasteiger partial charge in [-0.25, -0.2) is 8.42 Å². The van der Waals surface area contributed by atoms with Gasteiger partial charge in [0.05, 0.1) is 4.90 Å². The molecule has 0 saturated carbocycles. The third-order valence-corrected chi connectivity index (χ3v) is 4.49. The Hall–Kier alpha value is -1.46. The van der Waals surface area contributed by atoms with Crippen molar-refractivity contribution in [3.8, 4) is 0 Å². The van der Waals surface area contributed by atoms with Crippen LogP contribution in [0.3, 0.4) is 0 Å². The van der Waals surface area contributed by atoms with Crippen LogP contribution in [0.15, 0.2) is 46.7 Å². The van der Waals surface area contributed by atoms with Gasteiger partial charge >= 0.3 is 0 Å². The van der Waals surface area contributed by atoms with E-state index in [1.54, 1.807) is 12.1 Å². The van der Waals surface area contributed by atoms with Crippen LogP contribution < -0.4 is 0 Å². The van der Waals surface area contributed by atoms with Gasteiger partial charge in [0.25, 0.3) is 0 Å². The van der Waals surface area contributed by atoms with Crippen LogP contribution in [0.25, 0.3) is 0 Å². The monoisotopic (exact) mass is 280 g/mol. The molecule has 1 heterocycles. The van der Waals surface area contributed by atoms with Gasteiger partial charge in [0, 0.05) is 23.1 Å². The van der Waals surface area contributed by atoms with E-state index in [0.29, 0.717) is 12.0 Å². The molecule has 0 radical (unpaired) electrons. The predicted molar refractivity (Wildman–Crippen MR) is 71.9 cm³/mol. The van der Waals surface area contributed by atoms with Crippen molar-refractivity contribution < 1.29 is 13.2 Å². The SMILES string of the molecule is CS(=O)(=O)c1cccc(C(=O)Cc2cccs2)c1. The summed E-state index contributed by atoms with van der Waals surface area (Å²) in [4.78, 5) is 13.2. The van der Waals surface area contributed by atoms with Gasteiger partial charge in [-0.1, -0.05) is 18.2 Å². The first-order valence-corrected chi connectivity index (χ1v) is 8.09. The minimum absolute atomic E-state index is 0.0667. The van der Waals surface area contributed by atoms with Crippen molar-refractivity contribution in [2.45, 2.75) is 11.3 Å².